The first-order valence-electron chi connectivity index (χ1n) is 5.80. The Kier molecular flexibility index (Phi) is 5.14. The first-order valence-corrected chi connectivity index (χ1v) is 7.21. The summed E-state index contributed by atoms with van der Waals surface area (Å²) in [7, 11) is -4.62. The van der Waals surface area contributed by atoms with Gasteiger partial charge in [-0.2, -0.15) is 8.42 Å². The molecule has 1 N–H and O–H groups in total. The Labute approximate surface area is 124 Å². The van der Waals surface area contributed by atoms with Crippen LogP contribution in [0.4, 0.5) is 14.5 Å². The van der Waals surface area contributed by atoms with Crippen molar-refractivity contribution in [3.05, 3.63) is 34.4 Å². The van der Waals surface area contributed by atoms with Crippen molar-refractivity contribution in [1.82, 2.24) is 0 Å². The molecule has 1 aromatic carbocycles. The highest BCUT2D eigenvalue weighted by Gasteiger charge is 2.53. The molecule has 0 unspecified atom stereocenters. The summed E-state index contributed by atoms with van der Waals surface area (Å²) < 4.78 is 53.8. The van der Waals surface area contributed by atoms with Gasteiger partial charge in [0.05, 0.1) is 9.82 Å². The molecule has 1 amide bonds. The maximum absolute atomic E-state index is 13.1. The molecule has 1 atom stereocenters. The van der Waals surface area contributed by atoms with E-state index in [1.807, 2.05) is 0 Å². The molecular formula is C11H12F2N2O6S. The molecule has 0 aromatic heterocycles. The summed E-state index contributed by atoms with van der Waals surface area (Å²) in [4.78, 5) is 18.6. The van der Waals surface area contributed by atoms with Gasteiger partial charge in [0.25, 0.3) is 10.1 Å². The van der Waals surface area contributed by atoms with Crippen LogP contribution in [0.2, 0.25) is 0 Å². The summed E-state index contributed by atoms with van der Waals surface area (Å²) in [6.45, 7) is 1.82. The second kappa shape index (κ2) is 6.32. The molecule has 0 saturated carbocycles. The Morgan fingerprint density at radius 1 is 1.36 bits per heavy atom. The predicted octanol–water partition coefficient (Wildman–Crippen LogP) is 1.61. The van der Waals surface area contributed by atoms with Crippen LogP contribution in [0.25, 0.3) is 0 Å². The first-order chi connectivity index (χ1) is 9.96. The quantitative estimate of drug-likeness (QED) is 0.365. The Balaban J connectivity index is 2.95. The van der Waals surface area contributed by atoms with Crippen molar-refractivity contribution in [3.63, 3.8) is 0 Å². The van der Waals surface area contributed by atoms with E-state index in [0.717, 1.165) is 12.1 Å². The molecular weight excluding hydrogens is 326 g/mol. The van der Waals surface area contributed by atoms with E-state index in [-0.39, 0.29) is 11.6 Å². The van der Waals surface area contributed by atoms with Gasteiger partial charge < -0.3 is 5.32 Å². The van der Waals surface area contributed by atoms with Crippen LogP contribution >= 0.6 is 0 Å². The molecule has 0 spiro atoms. The van der Waals surface area contributed by atoms with Gasteiger partial charge in [0.15, 0.2) is 0 Å². The number of hydrogen-bond donors (Lipinski definition) is 1. The highest BCUT2D eigenvalue weighted by atomic mass is 32.2. The summed E-state index contributed by atoms with van der Waals surface area (Å²) in [5.74, 6) is -0.383. The van der Waals surface area contributed by atoms with Crippen molar-refractivity contribution in [2.75, 3.05) is 5.32 Å². The number of benzene rings is 1. The van der Waals surface area contributed by atoms with Crippen molar-refractivity contribution >= 4 is 21.7 Å². The molecule has 1 rings (SSSR count). The standard InChI is InChI=1S/C11H12F2N2O6S/c1-7(11(12,13)15(17)18)21-22(19,20)10-5-3-9(4-6-10)14-8(2)16/h3-7H,1-2H3,(H,14,16)/t7-/m0/s1. The zero-order chi connectivity index (χ0) is 17.1. The summed E-state index contributed by atoms with van der Waals surface area (Å²) in [5, 5.41) is 12.6. The number of amides is 1. The van der Waals surface area contributed by atoms with Crippen molar-refractivity contribution in [2.45, 2.75) is 30.9 Å². The first kappa shape index (κ1) is 17.9. The third kappa shape index (κ3) is 4.18. The fourth-order valence-electron chi connectivity index (χ4n) is 1.36. The summed E-state index contributed by atoms with van der Waals surface area (Å²) in [6, 6.07) is -0.0969. The topological polar surface area (TPSA) is 116 Å². The van der Waals surface area contributed by atoms with Crippen molar-refractivity contribution < 1.29 is 31.1 Å². The number of carbonyl (C=O) groups is 1. The van der Waals surface area contributed by atoms with Gasteiger partial charge in [0.2, 0.25) is 12.0 Å². The van der Waals surface area contributed by atoms with Gasteiger partial charge in [-0.3, -0.25) is 14.9 Å². The summed E-state index contributed by atoms with van der Waals surface area (Å²) in [5.41, 5.74) is 0.287. The van der Waals surface area contributed by atoms with E-state index >= 15 is 0 Å². The minimum Gasteiger partial charge on any atom is -0.326 e. The van der Waals surface area contributed by atoms with Crippen LogP contribution in [0.15, 0.2) is 29.2 Å². The number of nitrogens with one attached hydrogen (secondary N) is 1. The maximum atomic E-state index is 13.1. The molecule has 0 aliphatic rings. The molecule has 0 aliphatic carbocycles. The zero-order valence-electron chi connectivity index (χ0n) is 11.4. The lowest BCUT2D eigenvalue weighted by Gasteiger charge is -2.15. The Morgan fingerprint density at radius 2 is 1.86 bits per heavy atom. The van der Waals surface area contributed by atoms with E-state index in [2.05, 4.69) is 9.50 Å². The van der Waals surface area contributed by atoms with Crippen LogP contribution in [0, 0.1) is 10.1 Å². The van der Waals surface area contributed by atoms with Gasteiger partial charge in [0.1, 0.15) is 0 Å². The minimum absolute atomic E-state index is 0.287. The molecule has 1 aromatic rings. The van der Waals surface area contributed by atoms with Gasteiger partial charge in [-0.15, -0.1) is 8.78 Å². The van der Waals surface area contributed by atoms with E-state index in [4.69, 9.17) is 0 Å². The van der Waals surface area contributed by atoms with Crippen LogP contribution in [-0.2, 0) is 19.1 Å². The van der Waals surface area contributed by atoms with Gasteiger partial charge in [-0.25, -0.2) is 4.18 Å². The van der Waals surface area contributed by atoms with Gasteiger partial charge >= 0.3 is 6.05 Å². The number of hydrogen-bond acceptors (Lipinski definition) is 6. The molecule has 0 radical (unpaired) electrons. The average Bonchev–Trinajstić information content (AvgIpc) is 2.37. The SMILES string of the molecule is CC(=O)Nc1ccc(S(=O)(=O)O[C@@H](C)C(F)(F)[N+](=O)[O-])cc1. The number of anilines is 1. The number of halogens is 2. The molecule has 122 valence electrons. The number of carbonyl (C=O) groups excluding carboxylic acids is 1. The number of nitrogens with zero attached hydrogens (tertiary/aromatic N) is 1. The van der Waals surface area contributed by atoms with E-state index < -0.39 is 32.1 Å². The fourth-order valence-corrected chi connectivity index (χ4v) is 2.44. The molecule has 11 heteroatoms. The molecule has 0 saturated heterocycles. The second-order valence-corrected chi connectivity index (χ2v) is 5.82. The van der Waals surface area contributed by atoms with Crippen LogP contribution < -0.4 is 5.32 Å². The largest absolute Gasteiger partial charge is 0.538 e. The van der Waals surface area contributed by atoms with Gasteiger partial charge in [0, 0.05) is 12.6 Å². The lowest BCUT2D eigenvalue weighted by Crippen LogP contribution is -2.41. The Hall–Kier alpha value is -2.14. The molecule has 0 heterocycles. The summed E-state index contributed by atoms with van der Waals surface area (Å²) in [6.07, 6.45) is -2.48. The molecule has 0 fully saturated rings. The zero-order valence-corrected chi connectivity index (χ0v) is 12.3. The smallest absolute Gasteiger partial charge is 0.326 e. The van der Waals surface area contributed by atoms with E-state index in [9.17, 15) is 32.1 Å². The second-order valence-electron chi connectivity index (χ2n) is 4.24. The Morgan fingerprint density at radius 3 is 2.27 bits per heavy atom. The third-order valence-electron chi connectivity index (χ3n) is 2.47. The molecule has 22 heavy (non-hydrogen) atoms. The van der Waals surface area contributed by atoms with Crippen molar-refractivity contribution in [1.29, 1.82) is 0 Å². The predicted molar refractivity (Wildman–Crippen MR) is 70.4 cm³/mol. The third-order valence-corrected chi connectivity index (χ3v) is 3.86. The highest BCUT2D eigenvalue weighted by molar-refractivity contribution is 7.86. The van der Waals surface area contributed by atoms with E-state index in [0.29, 0.717) is 6.92 Å². The van der Waals surface area contributed by atoms with Crippen LogP contribution in [0.3, 0.4) is 0 Å². The maximum Gasteiger partial charge on any atom is 0.538 e. The average molecular weight is 338 g/mol. The lowest BCUT2D eigenvalue weighted by molar-refractivity contribution is -0.654. The number of nitro groups is 1. The normalized spacial score (nSPS) is 13.5. The van der Waals surface area contributed by atoms with Gasteiger partial charge in [-0.05, 0) is 31.2 Å². The molecule has 0 aliphatic heterocycles. The summed E-state index contributed by atoms with van der Waals surface area (Å²) >= 11 is 0. The molecule has 0 bridgehead atoms. The lowest BCUT2D eigenvalue weighted by atomic mass is 10.3. The Bertz CT molecular complexity index is 674. The van der Waals surface area contributed by atoms with Crippen molar-refractivity contribution in [3.8, 4) is 0 Å². The highest BCUT2D eigenvalue weighted by Crippen LogP contribution is 2.26. The number of alkyl halides is 2. The monoisotopic (exact) mass is 338 g/mol. The van der Waals surface area contributed by atoms with Crippen molar-refractivity contribution in [2.24, 2.45) is 0 Å². The van der Waals surface area contributed by atoms with E-state index in [1.54, 1.807) is 0 Å². The number of rotatable bonds is 6. The van der Waals surface area contributed by atoms with Gasteiger partial charge in [-0.1, -0.05) is 0 Å². The molecule has 8 nitrogen and oxygen atoms in total. The van der Waals surface area contributed by atoms with Crippen LogP contribution in [0.1, 0.15) is 13.8 Å². The van der Waals surface area contributed by atoms with Crippen LogP contribution in [0.5, 0.6) is 0 Å². The fraction of sp³-hybridized carbons (Fsp3) is 0.364. The minimum atomic E-state index is -4.62. The van der Waals surface area contributed by atoms with E-state index in [1.165, 1.54) is 19.1 Å². The van der Waals surface area contributed by atoms with Crippen LogP contribution in [-0.4, -0.2) is 31.4 Å².